The highest BCUT2D eigenvalue weighted by atomic mass is 16.6. The first kappa shape index (κ1) is 18.7. The van der Waals surface area contributed by atoms with E-state index >= 15 is 0 Å². The van der Waals surface area contributed by atoms with E-state index < -0.39 is 0 Å². The van der Waals surface area contributed by atoms with Crippen LogP contribution in [0.1, 0.15) is 41.4 Å². The summed E-state index contributed by atoms with van der Waals surface area (Å²) >= 11 is 0. The van der Waals surface area contributed by atoms with Crippen molar-refractivity contribution in [2.75, 3.05) is 13.2 Å². The van der Waals surface area contributed by atoms with Gasteiger partial charge in [0.2, 0.25) is 5.91 Å². The van der Waals surface area contributed by atoms with Gasteiger partial charge in [0.05, 0.1) is 12.5 Å². The topological polar surface area (TPSA) is 97.7 Å². The van der Waals surface area contributed by atoms with Gasteiger partial charge in [-0.2, -0.15) is 0 Å². The summed E-state index contributed by atoms with van der Waals surface area (Å²) in [5.41, 5.74) is 3.78. The number of benzene rings is 1. The Balaban J connectivity index is 1.39. The lowest BCUT2D eigenvalue weighted by Gasteiger charge is -2.23. The highest BCUT2D eigenvalue weighted by Gasteiger charge is 2.34. The summed E-state index contributed by atoms with van der Waals surface area (Å²) in [6, 6.07) is 7.30. The van der Waals surface area contributed by atoms with Crippen molar-refractivity contribution in [1.82, 2.24) is 19.9 Å². The van der Waals surface area contributed by atoms with E-state index in [2.05, 4.69) is 15.4 Å². The number of nitrogens with zero attached hydrogens (tertiary/aromatic N) is 2. The van der Waals surface area contributed by atoms with Crippen LogP contribution in [0.4, 0.5) is 0 Å². The summed E-state index contributed by atoms with van der Waals surface area (Å²) in [5.74, 6) is 1.84. The molecule has 2 aliphatic rings. The fourth-order valence-electron chi connectivity index (χ4n) is 4.15. The molecule has 8 heteroatoms. The van der Waals surface area contributed by atoms with E-state index in [1.807, 2.05) is 32.0 Å². The number of carbonyl (C=O) groups is 1. The molecule has 1 amide bonds. The zero-order chi connectivity index (χ0) is 20.8. The van der Waals surface area contributed by atoms with E-state index in [1.165, 1.54) is 6.07 Å². The minimum Gasteiger partial charge on any atom is -0.486 e. The molecule has 3 aromatic rings. The Morgan fingerprint density at radius 1 is 1.23 bits per heavy atom. The second-order valence-electron chi connectivity index (χ2n) is 8.04. The molecule has 2 aromatic heterocycles. The summed E-state index contributed by atoms with van der Waals surface area (Å²) in [6.45, 7) is 4.84. The van der Waals surface area contributed by atoms with Gasteiger partial charge in [-0.15, -0.1) is 0 Å². The molecule has 30 heavy (non-hydrogen) atoms. The van der Waals surface area contributed by atoms with E-state index in [4.69, 9.17) is 9.47 Å². The Bertz CT molecular complexity index is 1190. The summed E-state index contributed by atoms with van der Waals surface area (Å²) in [5, 5.41) is 5.95. The predicted octanol–water partition coefficient (Wildman–Crippen LogP) is 2.22. The van der Waals surface area contributed by atoms with Crippen LogP contribution in [-0.4, -0.2) is 33.7 Å². The number of hydrogen-bond donors (Lipinski definition) is 2. The second-order valence-corrected chi connectivity index (χ2v) is 8.04. The molecule has 0 saturated heterocycles. The average molecular weight is 408 g/mol. The third-order valence-corrected chi connectivity index (χ3v) is 5.88. The number of H-pyrrole nitrogens is 1. The van der Waals surface area contributed by atoms with Crippen LogP contribution in [0.2, 0.25) is 0 Å². The molecule has 5 rings (SSSR count). The molecule has 1 aliphatic heterocycles. The van der Waals surface area contributed by atoms with E-state index in [-0.39, 0.29) is 23.9 Å². The van der Waals surface area contributed by atoms with Gasteiger partial charge in [0.1, 0.15) is 13.2 Å². The molecule has 1 unspecified atom stereocenters. The molecule has 0 radical (unpaired) electrons. The largest absolute Gasteiger partial charge is 0.486 e. The van der Waals surface area contributed by atoms with Gasteiger partial charge in [0.25, 0.3) is 5.56 Å². The minimum atomic E-state index is -0.209. The van der Waals surface area contributed by atoms with Crippen LogP contribution in [0.25, 0.3) is 5.65 Å². The van der Waals surface area contributed by atoms with Crippen molar-refractivity contribution in [2.24, 2.45) is 5.92 Å². The smallest absolute Gasteiger partial charge is 0.266 e. The van der Waals surface area contributed by atoms with Gasteiger partial charge in [0.15, 0.2) is 17.1 Å². The van der Waals surface area contributed by atoms with Gasteiger partial charge < -0.3 is 14.8 Å². The van der Waals surface area contributed by atoms with Gasteiger partial charge in [-0.05, 0) is 50.3 Å². The van der Waals surface area contributed by atoms with Crippen molar-refractivity contribution in [3.05, 3.63) is 57.1 Å². The highest BCUT2D eigenvalue weighted by molar-refractivity contribution is 5.79. The molecule has 1 aromatic carbocycles. The molecule has 2 N–H and O–H groups in total. The van der Waals surface area contributed by atoms with Crippen LogP contribution in [-0.2, 0) is 11.2 Å². The van der Waals surface area contributed by atoms with Crippen LogP contribution in [0.3, 0.4) is 0 Å². The zero-order valence-electron chi connectivity index (χ0n) is 17.0. The number of aromatic amines is 1. The van der Waals surface area contributed by atoms with Crippen molar-refractivity contribution in [3.8, 4) is 11.5 Å². The van der Waals surface area contributed by atoms with Gasteiger partial charge in [-0.3, -0.25) is 14.7 Å². The summed E-state index contributed by atoms with van der Waals surface area (Å²) < 4.78 is 13.0. The number of aromatic nitrogens is 3. The Morgan fingerprint density at radius 2 is 2.00 bits per heavy atom. The summed E-state index contributed by atoms with van der Waals surface area (Å²) in [4.78, 5) is 29.1. The van der Waals surface area contributed by atoms with Gasteiger partial charge in [-0.1, -0.05) is 6.07 Å². The van der Waals surface area contributed by atoms with E-state index in [9.17, 15) is 9.59 Å². The predicted molar refractivity (Wildman–Crippen MR) is 110 cm³/mol. The Hall–Kier alpha value is -3.29. The van der Waals surface area contributed by atoms with Crippen molar-refractivity contribution < 1.29 is 14.3 Å². The lowest BCUT2D eigenvalue weighted by atomic mass is 10.0. The number of hydrogen-bond acceptors (Lipinski definition) is 5. The third-order valence-electron chi connectivity index (χ3n) is 5.88. The number of fused-ring (bicyclic) bond motifs is 2. The molecule has 0 bridgehead atoms. The van der Waals surface area contributed by atoms with E-state index in [1.54, 1.807) is 4.52 Å². The summed E-state index contributed by atoms with van der Waals surface area (Å²) in [6.07, 6.45) is 2.39. The lowest BCUT2D eigenvalue weighted by Crippen LogP contribution is -2.32. The lowest BCUT2D eigenvalue weighted by molar-refractivity contribution is -0.121. The molecular weight excluding hydrogens is 384 g/mol. The fourth-order valence-corrected chi connectivity index (χ4v) is 4.15. The maximum atomic E-state index is 13.0. The number of aryl methyl sites for hydroxylation is 2. The molecule has 156 valence electrons. The average Bonchev–Trinajstić information content (AvgIpc) is 3.50. The third kappa shape index (κ3) is 3.42. The van der Waals surface area contributed by atoms with Gasteiger partial charge in [0, 0.05) is 23.0 Å². The standard InChI is InChI=1S/C22H24N4O4/c1-12-16(13(2)26-19(23-12)11-21(28)25-26)10-20(27)24-22(14-3-4-14)15-5-6-17-18(9-15)30-8-7-29-17/h5-6,9,11,14,22H,3-4,7-8,10H2,1-2H3,(H,24,27)(H,25,28). The molecular formula is C22H24N4O4. The van der Waals surface area contributed by atoms with Gasteiger partial charge >= 0.3 is 0 Å². The number of amides is 1. The van der Waals surface area contributed by atoms with Crippen LogP contribution in [0.15, 0.2) is 29.1 Å². The molecule has 0 spiro atoms. The van der Waals surface area contributed by atoms with Crippen LogP contribution >= 0.6 is 0 Å². The van der Waals surface area contributed by atoms with Crippen LogP contribution in [0, 0.1) is 19.8 Å². The van der Waals surface area contributed by atoms with Crippen molar-refractivity contribution in [1.29, 1.82) is 0 Å². The highest BCUT2D eigenvalue weighted by Crippen LogP contribution is 2.43. The normalized spacial score (nSPS) is 16.5. The molecule has 1 fully saturated rings. The first-order valence-corrected chi connectivity index (χ1v) is 10.3. The summed E-state index contributed by atoms with van der Waals surface area (Å²) in [7, 11) is 0. The SMILES string of the molecule is Cc1nc2cc(=O)[nH]n2c(C)c1CC(=O)NC(c1ccc2c(c1)OCCO2)C1CC1. The zero-order valence-corrected chi connectivity index (χ0v) is 17.0. The van der Waals surface area contributed by atoms with E-state index in [0.29, 0.717) is 24.8 Å². The number of ether oxygens (including phenoxy) is 2. The number of rotatable bonds is 5. The Morgan fingerprint density at radius 3 is 2.77 bits per heavy atom. The maximum Gasteiger partial charge on any atom is 0.266 e. The van der Waals surface area contributed by atoms with Crippen LogP contribution < -0.4 is 20.3 Å². The van der Waals surface area contributed by atoms with E-state index in [0.717, 1.165) is 46.9 Å². The van der Waals surface area contributed by atoms with Gasteiger partial charge in [-0.25, -0.2) is 9.50 Å². The first-order valence-electron chi connectivity index (χ1n) is 10.3. The van der Waals surface area contributed by atoms with Crippen molar-refractivity contribution >= 4 is 11.6 Å². The van der Waals surface area contributed by atoms with Crippen molar-refractivity contribution in [3.63, 3.8) is 0 Å². The minimum absolute atomic E-state index is 0.0583. The Labute approximate surface area is 173 Å². The molecule has 8 nitrogen and oxygen atoms in total. The fraction of sp³-hybridized carbons (Fsp3) is 0.409. The maximum absolute atomic E-state index is 13.0. The Kier molecular flexibility index (Phi) is 4.49. The molecule has 3 heterocycles. The quantitative estimate of drug-likeness (QED) is 0.675. The molecule has 1 atom stereocenters. The molecule has 1 saturated carbocycles. The monoisotopic (exact) mass is 408 g/mol. The van der Waals surface area contributed by atoms with Crippen molar-refractivity contribution in [2.45, 2.75) is 39.2 Å². The number of carbonyl (C=O) groups excluding carboxylic acids is 1. The number of nitrogens with one attached hydrogen (secondary N) is 2. The first-order chi connectivity index (χ1) is 14.5. The second kappa shape index (κ2) is 7.19. The van der Waals surface area contributed by atoms with Crippen LogP contribution in [0.5, 0.6) is 11.5 Å². The molecule has 1 aliphatic carbocycles.